The van der Waals surface area contributed by atoms with Crippen LogP contribution in [0.2, 0.25) is 0 Å². The van der Waals surface area contributed by atoms with Crippen molar-refractivity contribution < 1.29 is 33.3 Å². The second-order valence-electron chi connectivity index (χ2n) is 9.85. The lowest BCUT2D eigenvalue weighted by Crippen LogP contribution is -2.38. The van der Waals surface area contributed by atoms with Crippen molar-refractivity contribution in [2.45, 2.75) is 51.4 Å². The van der Waals surface area contributed by atoms with Gasteiger partial charge in [-0.2, -0.15) is 0 Å². The number of hydrogen-bond acceptors (Lipinski definition) is 8. The lowest BCUT2D eigenvalue weighted by Gasteiger charge is -2.36. The van der Waals surface area contributed by atoms with E-state index in [1.165, 1.54) is 7.11 Å². The molecule has 1 heterocycles. The maximum atomic E-state index is 13.8. The van der Waals surface area contributed by atoms with E-state index in [1.54, 1.807) is 38.5 Å². The van der Waals surface area contributed by atoms with Crippen molar-refractivity contribution in [1.82, 2.24) is 0 Å². The molecule has 2 aromatic carbocycles. The zero-order valence-electron chi connectivity index (χ0n) is 23.1. The number of benzene rings is 2. The Labute approximate surface area is 229 Å². The third-order valence-corrected chi connectivity index (χ3v) is 7.45. The van der Waals surface area contributed by atoms with Crippen LogP contribution in [-0.2, 0) is 19.1 Å². The number of ether oxygens (including phenoxy) is 4. The quantitative estimate of drug-likeness (QED) is 0.314. The van der Waals surface area contributed by atoms with Crippen LogP contribution < -0.4 is 9.47 Å². The smallest absolute Gasteiger partial charge is 0.337 e. The van der Waals surface area contributed by atoms with Gasteiger partial charge in [-0.15, -0.1) is 0 Å². The van der Waals surface area contributed by atoms with E-state index in [-0.39, 0.29) is 18.1 Å². The minimum atomic E-state index is -0.730. The first kappa shape index (κ1) is 28.1. The number of hydrogen-bond donors (Lipinski definition) is 0. The number of nitrogens with zero attached hydrogens (tertiary/aromatic N) is 1. The molecule has 0 fully saturated rings. The molecule has 2 aliphatic rings. The van der Waals surface area contributed by atoms with E-state index in [4.69, 9.17) is 23.9 Å². The number of rotatable bonds is 9. The summed E-state index contributed by atoms with van der Waals surface area (Å²) in [5.41, 5.74) is 3.93. The molecule has 0 amide bonds. The summed E-state index contributed by atoms with van der Waals surface area (Å²) in [5.74, 6) is -1.07. The molecule has 206 valence electrons. The topological polar surface area (TPSA) is 100 Å². The van der Waals surface area contributed by atoms with Crippen LogP contribution in [0.25, 0.3) is 0 Å². The third kappa shape index (κ3) is 5.75. The highest BCUT2D eigenvalue weighted by Gasteiger charge is 2.44. The number of methoxy groups -OCH3 is 3. The molecule has 8 nitrogen and oxygen atoms in total. The van der Waals surface area contributed by atoms with Crippen molar-refractivity contribution in [2.75, 3.05) is 27.9 Å². The van der Waals surface area contributed by atoms with Crippen molar-refractivity contribution in [3.05, 3.63) is 70.4 Å². The molecule has 1 aliphatic carbocycles. The van der Waals surface area contributed by atoms with E-state index in [2.05, 4.69) is 0 Å². The number of ketones is 1. The summed E-state index contributed by atoms with van der Waals surface area (Å²) in [6.45, 7) is 4.16. The molecule has 0 spiro atoms. The summed E-state index contributed by atoms with van der Waals surface area (Å²) < 4.78 is 21.3. The molecule has 3 atom stereocenters. The normalized spacial score (nSPS) is 20.6. The zero-order chi connectivity index (χ0) is 28.1. The maximum absolute atomic E-state index is 13.8. The third-order valence-electron chi connectivity index (χ3n) is 7.45. The fourth-order valence-electron chi connectivity index (χ4n) is 5.42. The van der Waals surface area contributed by atoms with Crippen molar-refractivity contribution in [3.63, 3.8) is 0 Å². The number of carbonyl (C=O) groups excluding carboxylic acids is 3. The summed E-state index contributed by atoms with van der Waals surface area (Å²) in [6.07, 6.45) is 2.47. The van der Waals surface area contributed by atoms with E-state index in [0.717, 1.165) is 24.0 Å². The Morgan fingerprint density at radius 3 is 2.28 bits per heavy atom. The van der Waals surface area contributed by atoms with Gasteiger partial charge in [0.2, 0.25) is 0 Å². The predicted octanol–water partition coefficient (Wildman–Crippen LogP) is 5.41. The van der Waals surface area contributed by atoms with Crippen molar-refractivity contribution in [3.8, 4) is 11.5 Å². The van der Waals surface area contributed by atoms with Gasteiger partial charge in [-0.25, -0.2) is 4.79 Å². The highest BCUT2D eigenvalue weighted by Crippen LogP contribution is 2.47. The van der Waals surface area contributed by atoms with Crippen molar-refractivity contribution >= 4 is 23.4 Å². The number of allylic oxidation sites excluding steroid dienone is 2. The van der Waals surface area contributed by atoms with Gasteiger partial charge in [-0.1, -0.05) is 31.5 Å². The second kappa shape index (κ2) is 12.3. The van der Waals surface area contributed by atoms with Gasteiger partial charge < -0.3 is 18.9 Å². The lowest BCUT2D eigenvalue weighted by molar-refractivity contribution is -0.146. The number of aliphatic imine (C=N–C) groups is 1. The van der Waals surface area contributed by atoms with Gasteiger partial charge in [0, 0.05) is 29.3 Å². The minimum Gasteiger partial charge on any atom is -0.493 e. The molecule has 0 bridgehead atoms. The Hall–Kier alpha value is -3.94. The number of Topliss-reactive ketones (excluding diaryl/α,β-unsaturated/α-hetero) is 1. The first-order chi connectivity index (χ1) is 18.8. The molecule has 0 N–H and O–H groups in total. The molecule has 0 aromatic heterocycles. The molecular weight excluding hydrogens is 498 g/mol. The van der Waals surface area contributed by atoms with Crippen LogP contribution in [0, 0.1) is 5.92 Å². The Morgan fingerprint density at radius 1 is 0.949 bits per heavy atom. The predicted molar refractivity (Wildman–Crippen MR) is 147 cm³/mol. The Morgan fingerprint density at radius 2 is 1.64 bits per heavy atom. The molecule has 0 radical (unpaired) electrons. The van der Waals surface area contributed by atoms with Crippen LogP contribution in [0.4, 0.5) is 0 Å². The van der Waals surface area contributed by atoms with Gasteiger partial charge in [0.1, 0.15) is 5.92 Å². The first-order valence-electron chi connectivity index (χ1n) is 13.2. The van der Waals surface area contributed by atoms with Crippen LogP contribution in [0.5, 0.6) is 11.5 Å². The SMILES string of the molecule is CCCCOC(=O)C1C(C)=NC2=C(C(=O)C[C@H](c3ccc(OC)c(OC)c3)C2)[C@@H]1c1ccc(C(=O)OC)cc1. The van der Waals surface area contributed by atoms with Gasteiger partial charge in [0.05, 0.1) is 33.5 Å². The fourth-order valence-corrected chi connectivity index (χ4v) is 5.42. The van der Waals surface area contributed by atoms with Gasteiger partial charge >= 0.3 is 11.9 Å². The van der Waals surface area contributed by atoms with Crippen LogP contribution in [0.1, 0.15) is 72.9 Å². The standard InChI is InChI=1S/C31H35NO7/c1-6-7-14-39-31(35)27-18(2)32-23-15-22(21-12-13-25(36-3)26(17-21)37-4)16-24(33)29(23)28(27)19-8-10-20(11-9-19)30(34)38-5/h8-13,17,22,27-28H,6-7,14-16H2,1-5H3/t22-,27?,28-/m1/s1. The van der Waals surface area contributed by atoms with Gasteiger partial charge in [-0.05, 0) is 61.1 Å². The molecular formula is C31H35NO7. The summed E-state index contributed by atoms with van der Waals surface area (Å²) in [7, 11) is 4.49. The van der Waals surface area contributed by atoms with Gasteiger partial charge in [0.15, 0.2) is 17.3 Å². The van der Waals surface area contributed by atoms with Gasteiger partial charge in [0.25, 0.3) is 0 Å². The van der Waals surface area contributed by atoms with Crippen LogP contribution >= 0.6 is 0 Å². The van der Waals surface area contributed by atoms with E-state index in [9.17, 15) is 14.4 Å². The van der Waals surface area contributed by atoms with E-state index in [0.29, 0.717) is 47.1 Å². The first-order valence-corrected chi connectivity index (χ1v) is 13.2. The summed E-state index contributed by atoms with van der Waals surface area (Å²) in [5, 5.41) is 0. The largest absolute Gasteiger partial charge is 0.493 e. The van der Waals surface area contributed by atoms with Crippen LogP contribution in [0.15, 0.2) is 58.7 Å². The number of carbonyl (C=O) groups is 3. The molecule has 8 heteroatoms. The average molecular weight is 534 g/mol. The highest BCUT2D eigenvalue weighted by molar-refractivity contribution is 6.09. The second-order valence-corrected chi connectivity index (χ2v) is 9.85. The summed E-state index contributed by atoms with van der Waals surface area (Å²) in [6, 6.07) is 12.6. The molecule has 0 saturated heterocycles. The van der Waals surface area contributed by atoms with Crippen molar-refractivity contribution in [2.24, 2.45) is 10.9 Å². The lowest BCUT2D eigenvalue weighted by atomic mass is 9.69. The van der Waals surface area contributed by atoms with E-state index >= 15 is 0 Å². The number of esters is 2. The number of unbranched alkanes of at least 4 members (excludes halogenated alkanes) is 1. The molecule has 1 unspecified atom stereocenters. The highest BCUT2D eigenvalue weighted by atomic mass is 16.5. The van der Waals surface area contributed by atoms with E-state index < -0.39 is 23.8 Å². The van der Waals surface area contributed by atoms with Crippen LogP contribution in [-0.4, -0.2) is 51.4 Å². The molecule has 2 aromatic rings. The Balaban J connectivity index is 1.74. The minimum absolute atomic E-state index is 0.0549. The summed E-state index contributed by atoms with van der Waals surface area (Å²) in [4.78, 5) is 44.0. The van der Waals surface area contributed by atoms with Gasteiger partial charge in [-0.3, -0.25) is 14.6 Å². The molecule has 39 heavy (non-hydrogen) atoms. The van der Waals surface area contributed by atoms with Crippen LogP contribution in [0.3, 0.4) is 0 Å². The van der Waals surface area contributed by atoms with Crippen molar-refractivity contribution in [1.29, 1.82) is 0 Å². The zero-order valence-corrected chi connectivity index (χ0v) is 23.1. The molecule has 0 saturated carbocycles. The average Bonchev–Trinajstić information content (AvgIpc) is 2.95. The Kier molecular flexibility index (Phi) is 8.84. The Bertz CT molecular complexity index is 1310. The van der Waals surface area contributed by atoms with E-state index in [1.807, 2.05) is 32.0 Å². The molecule has 1 aliphatic heterocycles. The summed E-state index contributed by atoms with van der Waals surface area (Å²) >= 11 is 0. The maximum Gasteiger partial charge on any atom is 0.337 e. The molecule has 4 rings (SSSR count). The monoisotopic (exact) mass is 533 g/mol. The fraction of sp³-hybridized carbons (Fsp3) is 0.419.